The molecule has 1 atom stereocenters. The molecule has 38 heavy (non-hydrogen) atoms. The Morgan fingerprint density at radius 2 is 1.55 bits per heavy atom. The molecule has 1 aliphatic heterocycles. The van der Waals surface area contributed by atoms with Crippen molar-refractivity contribution >= 4 is 11.8 Å². The third-order valence-electron chi connectivity index (χ3n) is 6.55. The predicted molar refractivity (Wildman–Crippen MR) is 135 cm³/mol. The van der Waals surface area contributed by atoms with Gasteiger partial charge in [0.25, 0.3) is 11.8 Å². The van der Waals surface area contributed by atoms with Crippen molar-refractivity contribution in [2.45, 2.75) is 31.7 Å². The van der Waals surface area contributed by atoms with E-state index in [1.54, 1.807) is 4.90 Å². The molecule has 0 saturated carbocycles. The molecule has 0 fully saturated rings. The first kappa shape index (κ1) is 25.3. The number of aromatic nitrogens is 2. The van der Waals surface area contributed by atoms with E-state index >= 15 is 0 Å². The van der Waals surface area contributed by atoms with Crippen LogP contribution >= 0.6 is 0 Å². The van der Waals surface area contributed by atoms with Gasteiger partial charge >= 0.3 is 6.18 Å². The number of fused-ring (bicyclic) bond motifs is 1. The molecule has 4 aromatic rings. The van der Waals surface area contributed by atoms with Crippen molar-refractivity contribution in [3.63, 3.8) is 0 Å². The van der Waals surface area contributed by atoms with Crippen molar-refractivity contribution in [2.24, 2.45) is 0 Å². The summed E-state index contributed by atoms with van der Waals surface area (Å²) in [5, 5.41) is 7.43. The number of benzene rings is 3. The maximum Gasteiger partial charge on any atom is 0.416 e. The van der Waals surface area contributed by atoms with Gasteiger partial charge in [-0.05, 0) is 35.2 Å². The third-order valence-corrected chi connectivity index (χ3v) is 6.55. The Bertz CT molecular complexity index is 1420. The molecular weight excluding hydrogens is 493 g/mol. The van der Waals surface area contributed by atoms with Crippen LogP contribution in [0.15, 0.2) is 91.0 Å². The van der Waals surface area contributed by atoms with E-state index in [-0.39, 0.29) is 29.9 Å². The Morgan fingerprint density at radius 3 is 2.21 bits per heavy atom. The molecule has 3 aromatic carbocycles. The largest absolute Gasteiger partial charge is 0.416 e. The molecular formula is C29H25F3N4O2. The number of nitrogens with one attached hydrogen (secondary N) is 1. The number of carbonyl (C=O) groups excluding carboxylic acids is 2. The molecule has 0 spiro atoms. The van der Waals surface area contributed by atoms with Crippen molar-refractivity contribution in [3.8, 4) is 0 Å². The molecule has 0 unspecified atom stereocenters. The minimum Gasteiger partial charge on any atom is -0.344 e. The lowest BCUT2D eigenvalue weighted by molar-refractivity contribution is -0.137. The fraction of sp³-hybridized carbons (Fsp3) is 0.207. The van der Waals surface area contributed by atoms with Crippen LogP contribution in [0.2, 0.25) is 0 Å². The molecule has 194 valence electrons. The van der Waals surface area contributed by atoms with E-state index in [0.717, 1.165) is 23.3 Å². The summed E-state index contributed by atoms with van der Waals surface area (Å²) in [6, 6.07) is 25.4. The van der Waals surface area contributed by atoms with E-state index in [1.165, 1.54) is 22.9 Å². The average molecular weight is 519 g/mol. The maximum absolute atomic E-state index is 13.2. The molecule has 0 aliphatic carbocycles. The van der Waals surface area contributed by atoms with Crippen molar-refractivity contribution in [2.75, 3.05) is 6.54 Å². The Morgan fingerprint density at radius 1 is 0.895 bits per heavy atom. The highest BCUT2D eigenvalue weighted by atomic mass is 19.4. The number of nitrogens with zero attached hydrogens (tertiary/aromatic N) is 3. The lowest BCUT2D eigenvalue weighted by atomic mass is 9.98. The lowest BCUT2D eigenvalue weighted by Gasteiger charge is -2.27. The lowest BCUT2D eigenvalue weighted by Crippen LogP contribution is -2.39. The molecule has 1 N–H and O–H groups in total. The smallest absolute Gasteiger partial charge is 0.344 e. The van der Waals surface area contributed by atoms with Gasteiger partial charge in [-0.1, -0.05) is 72.8 Å². The van der Waals surface area contributed by atoms with Crippen LogP contribution in [0.25, 0.3) is 0 Å². The Hall–Kier alpha value is -4.40. The van der Waals surface area contributed by atoms with E-state index in [2.05, 4.69) is 10.4 Å². The molecule has 5 rings (SSSR count). The number of hydrogen-bond donors (Lipinski definition) is 1. The van der Waals surface area contributed by atoms with Crippen LogP contribution in [0, 0.1) is 0 Å². The summed E-state index contributed by atoms with van der Waals surface area (Å²) in [4.78, 5) is 27.9. The molecule has 0 radical (unpaired) electrons. The predicted octanol–water partition coefficient (Wildman–Crippen LogP) is 5.27. The highest BCUT2D eigenvalue weighted by molar-refractivity contribution is 5.98. The fourth-order valence-electron chi connectivity index (χ4n) is 4.54. The molecule has 6 nitrogen and oxygen atoms in total. The van der Waals surface area contributed by atoms with E-state index in [1.807, 2.05) is 60.7 Å². The molecule has 0 bridgehead atoms. The summed E-state index contributed by atoms with van der Waals surface area (Å²) in [6.45, 7) is 0.869. The summed E-state index contributed by atoms with van der Waals surface area (Å²) in [5.74, 6) is -0.717. The highest BCUT2D eigenvalue weighted by Gasteiger charge is 2.31. The topological polar surface area (TPSA) is 67.2 Å². The van der Waals surface area contributed by atoms with Crippen LogP contribution in [0.4, 0.5) is 13.2 Å². The monoisotopic (exact) mass is 518 g/mol. The first-order valence-electron chi connectivity index (χ1n) is 12.2. The Labute approximate surface area is 217 Å². The van der Waals surface area contributed by atoms with Gasteiger partial charge in [-0.25, -0.2) is 0 Å². The second-order valence-corrected chi connectivity index (χ2v) is 9.19. The first-order valence-corrected chi connectivity index (χ1v) is 12.2. The van der Waals surface area contributed by atoms with E-state index < -0.39 is 17.6 Å². The standard InChI is InChI=1S/C29H25F3N4O2/c30-29(31,32)23-13-11-21(12-14-23)19-35-15-16-36-26(28(35)38)18-25(34-36)27(37)33-24(22-9-5-2-6-10-22)17-20-7-3-1-4-8-20/h1-14,18,24H,15-17,19H2,(H,33,37)/t24-/m0/s1. The second kappa shape index (κ2) is 10.5. The van der Waals surface area contributed by atoms with Crippen LogP contribution in [0.1, 0.15) is 49.3 Å². The van der Waals surface area contributed by atoms with Gasteiger partial charge in [-0.3, -0.25) is 14.3 Å². The molecule has 2 heterocycles. The summed E-state index contributed by atoms with van der Waals surface area (Å²) in [5.41, 5.74) is 2.28. The third kappa shape index (κ3) is 5.61. The van der Waals surface area contributed by atoms with Crippen molar-refractivity contribution < 1.29 is 22.8 Å². The average Bonchev–Trinajstić information content (AvgIpc) is 3.36. The fourth-order valence-corrected chi connectivity index (χ4v) is 4.54. The van der Waals surface area contributed by atoms with Gasteiger partial charge in [0.2, 0.25) is 0 Å². The number of rotatable bonds is 7. The number of carbonyl (C=O) groups is 2. The van der Waals surface area contributed by atoms with Crippen LogP contribution in [0.3, 0.4) is 0 Å². The quantitative estimate of drug-likeness (QED) is 0.363. The zero-order valence-corrected chi connectivity index (χ0v) is 20.4. The van der Waals surface area contributed by atoms with E-state index in [4.69, 9.17) is 0 Å². The number of alkyl halides is 3. The minimum atomic E-state index is -4.41. The molecule has 0 saturated heterocycles. The number of amides is 2. The summed E-state index contributed by atoms with van der Waals surface area (Å²) < 4.78 is 40.1. The zero-order chi connectivity index (χ0) is 26.7. The minimum absolute atomic E-state index is 0.138. The Kier molecular flexibility index (Phi) is 7.00. The van der Waals surface area contributed by atoms with Crippen molar-refractivity contribution in [1.29, 1.82) is 0 Å². The summed E-state index contributed by atoms with van der Waals surface area (Å²) in [6.07, 6.45) is -3.83. The van der Waals surface area contributed by atoms with Gasteiger partial charge in [-0.15, -0.1) is 0 Å². The van der Waals surface area contributed by atoms with Gasteiger partial charge in [0.15, 0.2) is 5.69 Å². The van der Waals surface area contributed by atoms with Gasteiger partial charge < -0.3 is 10.2 Å². The van der Waals surface area contributed by atoms with E-state index in [9.17, 15) is 22.8 Å². The zero-order valence-electron chi connectivity index (χ0n) is 20.4. The second-order valence-electron chi connectivity index (χ2n) is 9.19. The number of hydrogen-bond acceptors (Lipinski definition) is 3. The van der Waals surface area contributed by atoms with Gasteiger partial charge in [0.1, 0.15) is 5.69 Å². The molecule has 1 aromatic heterocycles. The van der Waals surface area contributed by atoms with Gasteiger partial charge in [0.05, 0.1) is 18.2 Å². The maximum atomic E-state index is 13.2. The SMILES string of the molecule is O=C(N[C@@H](Cc1ccccc1)c1ccccc1)c1cc2n(n1)CCN(Cc1ccc(C(F)(F)F)cc1)C2=O. The van der Waals surface area contributed by atoms with Crippen LogP contribution in [-0.2, 0) is 25.7 Å². The van der Waals surface area contributed by atoms with Crippen LogP contribution < -0.4 is 5.32 Å². The normalized spacial score (nSPS) is 14.2. The molecule has 2 amide bonds. The van der Waals surface area contributed by atoms with E-state index in [0.29, 0.717) is 25.1 Å². The summed E-state index contributed by atoms with van der Waals surface area (Å²) in [7, 11) is 0. The first-order chi connectivity index (χ1) is 18.3. The number of halogens is 3. The van der Waals surface area contributed by atoms with Gasteiger partial charge in [0, 0.05) is 19.2 Å². The van der Waals surface area contributed by atoms with Crippen molar-refractivity contribution in [1.82, 2.24) is 20.0 Å². The summed E-state index contributed by atoms with van der Waals surface area (Å²) >= 11 is 0. The van der Waals surface area contributed by atoms with Gasteiger partial charge in [-0.2, -0.15) is 18.3 Å². The highest BCUT2D eigenvalue weighted by Crippen LogP contribution is 2.29. The van der Waals surface area contributed by atoms with Crippen molar-refractivity contribution in [3.05, 3.63) is 125 Å². The Balaban J connectivity index is 1.30. The molecule has 9 heteroatoms. The van der Waals surface area contributed by atoms with Crippen LogP contribution in [0.5, 0.6) is 0 Å². The molecule has 1 aliphatic rings. The van der Waals surface area contributed by atoms with Crippen LogP contribution in [-0.4, -0.2) is 33.0 Å².